The summed E-state index contributed by atoms with van der Waals surface area (Å²) in [7, 11) is 1.53. The van der Waals surface area contributed by atoms with Crippen molar-refractivity contribution in [2.75, 3.05) is 24.3 Å². The Morgan fingerprint density at radius 2 is 1.69 bits per heavy atom. The van der Waals surface area contributed by atoms with Crippen molar-refractivity contribution in [1.82, 2.24) is 10.3 Å². The number of nitrogens with zero attached hydrogens (tertiary/aromatic N) is 1. The number of anilines is 3. The molecule has 7 nitrogen and oxygen atoms in total. The molecule has 10 heteroatoms. The maximum Gasteiger partial charge on any atom is 0.405 e. The summed E-state index contributed by atoms with van der Waals surface area (Å²) in [6.07, 6.45) is -2.97. The Bertz CT molecular complexity index is 1100. The van der Waals surface area contributed by atoms with Crippen LogP contribution in [0.25, 0.3) is 0 Å². The number of carbonyl (C=O) groups is 2. The van der Waals surface area contributed by atoms with Gasteiger partial charge in [-0.3, -0.25) is 9.59 Å². The van der Waals surface area contributed by atoms with Gasteiger partial charge in [-0.15, -0.1) is 0 Å². The Morgan fingerprint density at radius 3 is 2.38 bits per heavy atom. The van der Waals surface area contributed by atoms with Crippen molar-refractivity contribution in [1.29, 1.82) is 0 Å². The summed E-state index contributed by atoms with van der Waals surface area (Å²) < 4.78 is 42.0. The molecule has 1 heterocycles. The summed E-state index contributed by atoms with van der Waals surface area (Å²) in [5.74, 6) is -0.456. The van der Waals surface area contributed by atoms with Crippen LogP contribution in [0.1, 0.15) is 20.7 Å². The molecular formula is C22H19F3N4O3. The van der Waals surface area contributed by atoms with Gasteiger partial charge in [0.2, 0.25) is 0 Å². The van der Waals surface area contributed by atoms with E-state index >= 15 is 0 Å². The molecule has 0 aliphatic heterocycles. The highest BCUT2D eigenvalue weighted by molar-refractivity contribution is 6.08. The van der Waals surface area contributed by atoms with Gasteiger partial charge in [-0.25, -0.2) is 4.98 Å². The zero-order chi connectivity index (χ0) is 23.1. The predicted octanol–water partition coefficient (Wildman–Crippen LogP) is 4.38. The van der Waals surface area contributed by atoms with E-state index in [1.807, 2.05) is 6.07 Å². The van der Waals surface area contributed by atoms with Crippen LogP contribution in [0.4, 0.5) is 30.4 Å². The number of carbonyl (C=O) groups excluding carboxylic acids is 2. The number of para-hydroxylation sites is 2. The average Bonchev–Trinajstić information content (AvgIpc) is 2.78. The van der Waals surface area contributed by atoms with Crippen LogP contribution < -0.4 is 20.7 Å². The number of nitrogens with one attached hydrogen (secondary N) is 3. The lowest BCUT2D eigenvalue weighted by Gasteiger charge is -2.13. The number of methoxy groups -OCH3 is 1. The highest BCUT2D eigenvalue weighted by Gasteiger charge is 2.27. The summed E-state index contributed by atoms with van der Waals surface area (Å²) >= 11 is 0. The first-order valence-corrected chi connectivity index (χ1v) is 9.38. The van der Waals surface area contributed by atoms with E-state index in [9.17, 15) is 22.8 Å². The van der Waals surface area contributed by atoms with Gasteiger partial charge in [-0.1, -0.05) is 12.1 Å². The average molecular weight is 444 g/mol. The molecule has 0 unspecified atom stereocenters. The molecular weight excluding hydrogens is 425 g/mol. The molecule has 166 valence electrons. The zero-order valence-electron chi connectivity index (χ0n) is 16.9. The van der Waals surface area contributed by atoms with Gasteiger partial charge in [0.05, 0.1) is 18.4 Å². The van der Waals surface area contributed by atoms with Gasteiger partial charge in [0.1, 0.15) is 18.1 Å². The summed E-state index contributed by atoms with van der Waals surface area (Å²) in [5.41, 5.74) is 1.27. The smallest absolute Gasteiger partial charge is 0.405 e. The first kappa shape index (κ1) is 22.6. The number of ether oxygens (including phenoxy) is 1. The standard InChI is InChI=1S/C22H19F3N4O3/c1-32-18-7-3-2-6-17(18)29-19-16(5-4-12-26-19)21(31)28-15-10-8-14(9-11-15)20(30)27-13-22(23,24)25/h2-12H,13H2,1H3,(H,26,29)(H,27,30)(H,28,31). The van der Waals surface area contributed by atoms with Gasteiger partial charge < -0.3 is 20.7 Å². The molecule has 0 radical (unpaired) electrons. The number of alkyl halides is 3. The van der Waals surface area contributed by atoms with Crippen LogP contribution in [0.3, 0.4) is 0 Å². The molecule has 0 saturated heterocycles. The minimum atomic E-state index is -4.50. The molecule has 0 spiro atoms. The molecule has 3 rings (SSSR count). The number of halogens is 3. The van der Waals surface area contributed by atoms with Crippen molar-refractivity contribution in [2.45, 2.75) is 6.18 Å². The van der Waals surface area contributed by atoms with Crippen molar-refractivity contribution in [3.8, 4) is 5.75 Å². The van der Waals surface area contributed by atoms with Crippen molar-refractivity contribution in [3.63, 3.8) is 0 Å². The van der Waals surface area contributed by atoms with Crippen LogP contribution in [-0.2, 0) is 0 Å². The number of hydrogen-bond donors (Lipinski definition) is 3. The topological polar surface area (TPSA) is 92.3 Å². The van der Waals surface area contributed by atoms with Crippen molar-refractivity contribution < 1.29 is 27.5 Å². The van der Waals surface area contributed by atoms with E-state index in [4.69, 9.17) is 4.74 Å². The lowest BCUT2D eigenvalue weighted by molar-refractivity contribution is -0.123. The molecule has 0 bridgehead atoms. The molecule has 2 aromatic carbocycles. The third-order valence-electron chi connectivity index (χ3n) is 4.27. The Kier molecular flexibility index (Phi) is 6.93. The van der Waals surface area contributed by atoms with Crippen molar-refractivity contribution in [3.05, 3.63) is 78.0 Å². The van der Waals surface area contributed by atoms with Crippen LogP contribution in [0.2, 0.25) is 0 Å². The Balaban J connectivity index is 1.71. The van der Waals surface area contributed by atoms with E-state index in [0.29, 0.717) is 22.9 Å². The van der Waals surface area contributed by atoms with Gasteiger partial charge >= 0.3 is 6.18 Å². The largest absolute Gasteiger partial charge is 0.495 e. The summed E-state index contributed by atoms with van der Waals surface area (Å²) in [4.78, 5) is 28.8. The molecule has 1 aromatic heterocycles. The van der Waals surface area contributed by atoms with Gasteiger partial charge in [0, 0.05) is 17.4 Å². The van der Waals surface area contributed by atoms with Crippen LogP contribution in [0, 0.1) is 0 Å². The molecule has 2 amide bonds. The maximum absolute atomic E-state index is 12.8. The minimum absolute atomic E-state index is 0.0344. The second-order valence-corrected chi connectivity index (χ2v) is 6.55. The predicted molar refractivity (Wildman–Crippen MR) is 113 cm³/mol. The van der Waals surface area contributed by atoms with Gasteiger partial charge in [0.25, 0.3) is 11.8 Å². The quantitative estimate of drug-likeness (QED) is 0.503. The molecule has 3 aromatic rings. The fourth-order valence-electron chi connectivity index (χ4n) is 2.75. The lowest BCUT2D eigenvalue weighted by Crippen LogP contribution is -2.33. The van der Waals surface area contributed by atoms with E-state index in [1.165, 1.54) is 37.6 Å². The van der Waals surface area contributed by atoms with Crippen LogP contribution in [0.15, 0.2) is 66.9 Å². The van der Waals surface area contributed by atoms with Gasteiger partial charge in [-0.2, -0.15) is 13.2 Å². The van der Waals surface area contributed by atoms with Gasteiger partial charge in [-0.05, 0) is 48.5 Å². The number of aromatic nitrogens is 1. The van der Waals surface area contributed by atoms with Crippen LogP contribution in [-0.4, -0.2) is 36.6 Å². The number of benzene rings is 2. The maximum atomic E-state index is 12.8. The number of pyridine rings is 1. The molecule has 0 saturated carbocycles. The Labute approximate surface area is 181 Å². The fraction of sp³-hybridized carbons (Fsp3) is 0.136. The highest BCUT2D eigenvalue weighted by atomic mass is 19.4. The van der Waals surface area contributed by atoms with E-state index in [1.54, 1.807) is 35.6 Å². The van der Waals surface area contributed by atoms with Crippen LogP contribution >= 0.6 is 0 Å². The Hall–Kier alpha value is -4.08. The fourth-order valence-corrected chi connectivity index (χ4v) is 2.75. The normalized spacial score (nSPS) is 10.9. The van der Waals surface area contributed by atoms with E-state index in [0.717, 1.165) is 0 Å². The van der Waals surface area contributed by atoms with Crippen molar-refractivity contribution in [2.24, 2.45) is 0 Å². The molecule has 0 atom stereocenters. The van der Waals surface area contributed by atoms with Crippen molar-refractivity contribution >= 4 is 29.0 Å². The Morgan fingerprint density at radius 1 is 0.969 bits per heavy atom. The molecule has 0 fully saturated rings. The third kappa shape index (κ3) is 5.97. The minimum Gasteiger partial charge on any atom is -0.495 e. The summed E-state index contributed by atoms with van der Waals surface area (Å²) in [5, 5.41) is 7.53. The second kappa shape index (κ2) is 9.82. The molecule has 0 aliphatic carbocycles. The third-order valence-corrected chi connectivity index (χ3v) is 4.27. The van der Waals surface area contributed by atoms with E-state index in [-0.39, 0.29) is 11.1 Å². The lowest BCUT2D eigenvalue weighted by atomic mass is 10.1. The summed E-state index contributed by atoms with van der Waals surface area (Å²) in [6, 6.07) is 15.8. The monoisotopic (exact) mass is 444 g/mol. The van der Waals surface area contributed by atoms with Crippen LogP contribution in [0.5, 0.6) is 5.75 Å². The highest BCUT2D eigenvalue weighted by Crippen LogP contribution is 2.28. The summed E-state index contributed by atoms with van der Waals surface area (Å²) in [6.45, 7) is -1.42. The number of amides is 2. The van der Waals surface area contributed by atoms with E-state index in [2.05, 4.69) is 15.6 Å². The first-order chi connectivity index (χ1) is 15.3. The number of hydrogen-bond acceptors (Lipinski definition) is 5. The van der Waals surface area contributed by atoms with Gasteiger partial charge in [0.15, 0.2) is 0 Å². The first-order valence-electron chi connectivity index (χ1n) is 9.38. The zero-order valence-corrected chi connectivity index (χ0v) is 16.9. The SMILES string of the molecule is COc1ccccc1Nc1ncccc1C(=O)Nc1ccc(C(=O)NCC(F)(F)F)cc1. The molecule has 0 aliphatic rings. The number of rotatable bonds is 7. The molecule has 32 heavy (non-hydrogen) atoms. The van der Waals surface area contributed by atoms with E-state index < -0.39 is 24.5 Å². The molecule has 3 N–H and O–H groups in total. The second-order valence-electron chi connectivity index (χ2n) is 6.55.